The first kappa shape index (κ1) is 49.1. The second-order valence-corrected chi connectivity index (χ2v) is 17.6. The van der Waals surface area contributed by atoms with Crippen molar-refractivity contribution >= 4 is 33.1 Å². The molecule has 2 unspecified atom stereocenters. The first-order valence-corrected chi connectivity index (χ1v) is 24.0. The fourth-order valence-electron chi connectivity index (χ4n) is 5.48. The number of aliphatic carboxylic acids is 2. The van der Waals surface area contributed by atoms with Crippen LogP contribution in [0.4, 0.5) is 0 Å². The zero-order valence-electron chi connectivity index (χ0n) is 31.5. The van der Waals surface area contributed by atoms with Crippen LogP contribution in [0.1, 0.15) is 221 Å². The number of hydrogen-bond donors (Lipinski definition) is 0. The molecule has 0 aromatic heterocycles. The van der Waals surface area contributed by atoms with Crippen molar-refractivity contribution in [1.82, 2.24) is 0 Å². The molecule has 0 saturated heterocycles. The summed E-state index contributed by atoms with van der Waals surface area (Å²) < 4.78 is 3.31. The Morgan fingerprint density at radius 3 is 0.911 bits per heavy atom. The van der Waals surface area contributed by atoms with Crippen molar-refractivity contribution < 1.29 is 19.8 Å². The second-order valence-electron chi connectivity index (χ2n) is 13.3. The summed E-state index contributed by atoms with van der Waals surface area (Å²) in [4.78, 5) is 21.5. The van der Waals surface area contributed by atoms with Gasteiger partial charge in [0.05, 0.1) is 0 Å². The van der Waals surface area contributed by atoms with Gasteiger partial charge in [0, 0.05) is 11.9 Å². The van der Waals surface area contributed by atoms with Gasteiger partial charge in [-0.05, 0) is 37.5 Å². The van der Waals surface area contributed by atoms with Crippen molar-refractivity contribution in [2.75, 3.05) is 0 Å². The molecule has 5 heteroatoms. The van der Waals surface area contributed by atoms with E-state index >= 15 is 0 Å². The molecule has 0 rings (SSSR count). The van der Waals surface area contributed by atoms with Crippen LogP contribution in [0.2, 0.25) is 8.87 Å². The molecule has 0 bridgehead atoms. The summed E-state index contributed by atoms with van der Waals surface area (Å²) in [5.41, 5.74) is 0. The van der Waals surface area contributed by atoms with E-state index in [1.165, 1.54) is 89.9 Å². The maximum absolute atomic E-state index is 10.8. The van der Waals surface area contributed by atoms with Crippen molar-refractivity contribution in [2.24, 2.45) is 11.8 Å². The Morgan fingerprint density at radius 2 is 0.622 bits per heavy atom. The molecule has 0 N–H and O–H groups in total. The minimum absolute atomic E-state index is 0.0736. The molecule has 0 aliphatic heterocycles. The van der Waals surface area contributed by atoms with Gasteiger partial charge in [0.2, 0.25) is 0 Å². The van der Waals surface area contributed by atoms with E-state index < -0.39 is 11.9 Å². The molecule has 0 aliphatic rings. The molecule has 0 spiro atoms. The third-order valence-electron chi connectivity index (χ3n) is 8.71. The molecular formula is C40H80O4Sn. The zero-order valence-corrected chi connectivity index (χ0v) is 34.4. The predicted molar refractivity (Wildman–Crippen MR) is 196 cm³/mol. The summed E-state index contributed by atoms with van der Waals surface area (Å²) in [6.07, 6.45) is 34.4. The third kappa shape index (κ3) is 43.7. The topological polar surface area (TPSA) is 80.3 Å². The van der Waals surface area contributed by atoms with Crippen LogP contribution in [-0.2, 0) is 9.59 Å². The molecule has 0 aliphatic carbocycles. The quantitative estimate of drug-likeness (QED) is 0.0507. The van der Waals surface area contributed by atoms with Gasteiger partial charge in [-0.15, -0.1) is 0 Å². The first-order chi connectivity index (χ1) is 21.9. The standard InChI is InChI=1S/2C12H24O2.2C8H17.Sn/c2*1-3-5-7-8-10-11(12(13)14)9-6-4-2;2*1-3-5-7-8-6-4-2;/h2*11H,3-10H2,1-2H3,(H,13,14);2*1,3-8H2,2H3;/q;;;;+2/p-2. The minimum atomic E-state index is -0.852. The Labute approximate surface area is 293 Å². The van der Waals surface area contributed by atoms with Gasteiger partial charge in [0.25, 0.3) is 0 Å². The van der Waals surface area contributed by atoms with Crippen LogP contribution in [-0.4, -0.2) is 33.1 Å². The molecule has 0 saturated carbocycles. The van der Waals surface area contributed by atoms with E-state index in [2.05, 4.69) is 41.5 Å². The van der Waals surface area contributed by atoms with Crippen LogP contribution in [0.25, 0.3) is 0 Å². The molecule has 0 amide bonds. The van der Waals surface area contributed by atoms with Crippen LogP contribution in [0.3, 0.4) is 0 Å². The van der Waals surface area contributed by atoms with Gasteiger partial charge in [-0.2, -0.15) is 0 Å². The van der Waals surface area contributed by atoms with Gasteiger partial charge in [0.15, 0.2) is 0 Å². The van der Waals surface area contributed by atoms with E-state index in [9.17, 15) is 19.8 Å². The number of unbranched alkanes of at least 4 members (excludes halogenated alkanes) is 18. The van der Waals surface area contributed by atoms with Crippen molar-refractivity contribution in [3.8, 4) is 0 Å². The van der Waals surface area contributed by atoms with Crippen molar-refractivity contribution in [1.29, 1.82) is 0 Å². The summed E-state index contributed by atoms with van der Waals surface area (Å²) in [6.45, 7) is 13.1. The van der Waals surface area contributed by atoms with Crippen molar-refractivity contribution in [2.45, 2.75) is 230 Å². The van der Waals surface area contributed by atoms with Gasteiger partial charge >= 0.3 is 121 Å². The van der Waals surface area contributed by atoms with E-state index in [4.69, 9.17) is 0 Å². The molecule has 0 fully saturated rings. The summed E-state index contributed by atoms with van der Waals surface area (Å²) in [5.74, 6) is -2.11. The Bertz CT molecular complexity index is 520. The predicted octanol–water partition coefficient (Wildman–Crippen LogP) is 11.3. The Kier molecular flexibility index (Phi) is 47.8. The molecule has 4 nitrogen and oxygen atoms in total. The second kappa shape index (κ2) is 43.7. The zero-order chi connectivity index (χ0) is 34.2. The van der Waals surface area contributed by atoms with Crippen LogP contribution in [0.5, 0.6) is 0 Å². The van der Waals surface area contributed by atoms with Gasteiger partial charge in [-0.3, -0.25) is 0 Å². The van der Waals surface area contributed by atoms with Crippen LogP contribution in [0, 0.1) is 11.8 Å². The third-order valence-corrected chi connectivity index (χ3v) is 12.7. The van der Waals surface area contributed by atoms with Gasteiger partial charge in [-0.1, -0.05) is 105 Å². The normalized spacial score (nSPS) is 11.9. The van der Waals surface area contributed by atoms with Crippen molar-refractivity contribution in [3.05, 3.63) is 0 Å². The van der Waals surface area contributed by atoms with E-state index in [-0.39, 0.29) is 33.0 Å². The van der Waals surface area contributed by atoms with E-state index in [1.807, 2.05) is 0 Å². The molecule has 0 radical (unpaired) electrons. The SMILES string of the molecule is CCCCCCC(CCCC)C(=O)[O-].CCCCCCC(CCCC)C(=O)[O-].CCCCCCC[CH2][Sn+2][CH2]CCCCCCC. The maximum atomic E-state index is 10.8. The molecule has 0 aromatic carbocycles. The van der Waals surface area contributed by atoms with E-state index in [0.717, 1.165) is 77.0 Å². The summed E-state index contributed by atoms with van der Waals surface area (Å²) in [7, 11) is 0. The molecule has 268 valence electrons. The molecule has 0 aromatic rings. The number of carboxylic acids is 2. The van der Waals surface area contributed by atoms with Gasteiger partial charge in [-0.25, -0.2) is 0 Å². The molecular weight excluding hydrogens is 663 g/mol. The first-order valence-electron chi connectivity index (χ1n) is 20.0. The van der Waals surface area contributed by atoms with Crippen LogP contribution in [0.15, 0.2) is 0 Å². The van der Waals surface area contributed by atoms with Crippen LogP contribution < -0.4 is 10.2 Å². The molecule has 2 atom stereocenters. The summed E-state index contributed by atoms with van der Waals surface area (Å²) in [5, 5.41) is 21.5. The molecule has 0 heterocycles. The van der Waals surface area contributed by atoms with Crippen LogP contribution >= 0.6 is 0 Å². The van der Waals surface area contributed by atoms with Crippen molar-refractivity contribution in [3.63, 3.8) is 0 Å². The van der Waals surface area contributed by atoms with Gasteiger partial charge in [0.1, 0.15) is 0 Å². The number of carbonyl (C=O) groups is 2. The Balaban J connectivity index is -0.000000592. The van der Waals surface area contributed by atoms with Gasteiger partial charge < -0.3 is 19.8 Å². The Hall–Kier alpha value is -0.261. The van der Waals surface area contributed by atoms with E-state index in [0.29, 0.717) is 0 Å². The number of carboxylic acid groups (broad SMARTS) is 2. The fraction of sp³-hybridized carbons (Fsp3) is 0.950. The summed E-state index contributed by atoms with van der Waals surface area (Å²) >= 11 is 0.0736. The Morgan fingerprint density at radius 1 is 0.378 bits per heavy atom. The number of hydrogen-bond acceptors (Lipinski definition) is 4. The molecule has 45 heavy (non-hydrogen) atoms. The number of carbonyl (C=O) groups excluding carboxylic acids is 2. The monoisotopic (exact) mass is 745 g/mol. The number of rotatable bonds is 32. The fourth-order valence-corrected chi connectivity index (χ4v) is 9.05. The average molecular weight is 744 g/mol. The van der Waals surface area contributed by atoms with E-state index in [1.54, 1.807) is 21.7 Å². The average Bonchev–Trinajstić information content (AvgIpc) is 3.03. The summed E-state index contributed by atoms with van der Waals surface area (Å²) in [6, 6.07) is 0.